The highest BCUT2D eigenvalue weighted by atomic mass is 35.5. The summed E-state index contributed by atoms with van der Waals surface area (Å²) < 4.78 is 0. The third kappa shape index (κ3) is 6.88. The van der Waals surface area contributed by atoms with Gasteiger partial charge in [-0.15, -0.1) is 11.6 Å². The highest BCUT2D eigenvalue weighted by Gasteiger charge is 2.39. The average Bonchev–Trinajstić information content (AvgIpc) is 2.36. The minimum Gasteiger partial charge on any atom is -0.123 e. The van der Waals surface area contributed by atoms with E-state index >= 15 is 0 Å². The fourth-order valence-corrected chi connectivity index (χ4v) is 3.38. The highest BCUT2D eigenvalue weighted by Crippen LogP contribution is 2.52. The van der Waals surface area contributed by atoms with Crippen LogP contribution in [0.25, 0.3) is 0 Å². The van der Waals surface area contributed by atoms with Crippen molar-refractivity contribution in [1.82, 2.24) is 0 Å². The first-order valence-corrected chi connectivity index (χ1v) is 9.26. The Morgan fingerprint density at radius 2 is 1.65 bits per heavy atom. The molecule has 0 radical (unpaired) electrons. The third-order valence-corrected chi connectivity index (χ3v) is 6.00. The monoisotopic (exact) mass is 300 g/mol. The van der Waals surface area contributed by atoms with Gasteiger partial charge in [0.15, 0.2) is 0 Å². The molecule has 0 nitrogen and oxygen atoms in total. The summed E-state index contributed by atoms with van der Waals surface area (Å²) in [5.74, 6) is 0.812. The third-order valence-electron chi connectivity index (χ3n) is 5.47. The standard InChI is InChI=1S/C18H38BCl/c1-8-12-18(7,13-10-11-16(20)9-2)17(5,6)19-14-15(3)4/h15-16,19H,8-14H2,1-7H3. The predicted octanol–water partition coefficient (Wildman–Crippen LogP) is 6.69. The van der Waals surface area contributed by atoms with Crippen molar-refractivity contribution in [2.24, 2.45) is 11.3 Å². The first kappa shape index (κ1) is 20.4. The Labute approximate surface area is 134 Å². The molecule has 20 heavy (non-hydrogen) atoms. The second-order valence-corrected chi connectivity index (χ2v) is 8.64. The molecule has 2 heteroatoms. The van der Waals surface area contributed by atoms with E-state index < -0.39 is 0 Å². The molecular weight excluding hydrogens is 262 g/mol. The van der Waals surface area contributed by atoms with Crippen molar-refractivity contribution in [2.45, 2.75) is 104 Å². The minimum atomic E-state index is 0.375. The van der Waals surface area contributed by atoms with Gasteiger partial charge in [0, 0.05) is 5.38 Å². The fourth-order valence-electron chi connectivity index (χ4n) is 3.22. The zero-order valence-corrected chi connectivity index (χ0v) is 15.9. The summed E-state index contributed by atoms with van der Waals surface area (Å²) in [6.45, 7) is 16.7. The number of alkyl halides is 1. The fraction of sp³-hybridized carbons (Fsp3) is 1.00. The van der Waals surface area contributed by atoms with Gasteiger partial charge in [-0.2, -0.15) is 0 Å². The van der Waals surface area contributed by atoms with Crippen LogP contribution < -0.4 is 0 Å². The van der Waals surface area contributed by atoms with Crippen molar-refractivity contribution in [2.75, 3.05) is 0 Å². The Balaban J connectivity index is 4.61. The zero-order chi connectivity index (χ0) is 15.8. The number of halogens is 1. The summed E-state index contributed by atoms with van der Waals surface area (Å²) in [5, 5.41) is 0.807. The van der Waals surface area contributed by atoms with Crippen molar-refractivity contribution in [3.8, 4) is 0 Å². The van der Waals surface area contributed by atoms with Gasteiger partial charge < -0.3 is 0 Å². The van der Waals surface area contributed by atoms with Crippen LogP contribution in [-0.2, 0) is 0 Å². The smallest absolute Gasteiger partial charge is 0.123 e. The summed E-state index contributed by atoms with van der Waals surface area (Å²) >= 11 is 6.29. The van der Waals surface area contributed by atoms with Crippen molar-refractivity contribution < 1.29 is 0 Å². The van der Waals surface area contributed by atoms with Crippen LogP contribution in [0.15, 0.2) is 0 Å². The minimum absolute atomic E-state index is 0.375. The highest BCUT2D eigenvalue weighted by molar-refractivity contribution is 6.40. The van der Waals surface area contributed by atoms with Gasteiger partial charge in [-0.3, -0.25) is 0 Å². The Hall–Kier alpha value is 0.355. The molecule has 0 rings (SSSR count). The summed E-state index contributed by atoms with van der Waals surface area (Å²) in [5.41, 5.74) is 0.459. The maximum absolute atomic E-state index is 6.29. The van der Waals surface area contributed by atoms with Crippen LogP contribution >= 0.6 is 11.6 Å². The molecule has 0 amide bonds. The van der Waals surface area contributed by atoms with Crippen LogP contribution in [0, 0.1) is 11.3 Å². The van der Waals surface area contributed by atoms with Gasteiger partial charge in [-0.05, 0) is 31.1 Å². The topological polar surface area (TPSA) is 0 Å². The second-order valence-electron chi connectivity index (χ2n) is 8.02. The van der Waals surface area contributed by atoms with E-state index in [0.717, 1.165) is 12.3 Å². The van der Waals surface area contributed by atoms with Crippen molar-refractivity contribution >= 4 is 18.9 Å². The van der Waals surface area contributed by atoms with E-state index in [4.69, 9.17) is 11.6 Å². The van der Waals surface area contributed by atoms with E-state index in [9.17, 15) is 0 Å². The van der Waals surface area contributed by atoms with Crippen LogP contribution in [0.2, 0.25) is 11.6 Å². The summed E-state index contributed by atoms with van der Waals surface area (Å²) in [6, 6.07) is 0. The molecule has 0 saturated carbocycles. The number of hydrogen-bond acceptors (Lipinski definition) is 0. The molecule has 0 aliphatic rings. The molecular formula is C18H38BCl. The van der Waals surface area contributed by atoms with Gasteiger partial charge in [0.2, 0.25) is 0 Å². The summed E-state index contributed by atoms with van der Waals surface area (Å²) in [6.07, 6.45) is 8.87. The predicted molar refractivity (Wildman–Crippen MR) is 97.6 cm³/mol. The van der Waals surface area contributed by atoms with E-state index in [1.54, 1.807) is 0 Å². The normalized spacial score (nSPS) is 17.1. The Bertz CT molecular complexity index is 250. The molecule has 0 aromatic carbocycles. The van der Waals surface area contributed by atoms with E-state index in [-0.39, 0.29) is 0 Å². The molecule has 0 spiro atoms. The molecule has 0 N–H and O–H groups in total. The van der Waals surface area contributed by atoms with Crippen LogP contribution in [-0.4, -0.2) is 12.7 Å². The van der Waals surface area contributed by atoms with E-state index in [0.29, 0.717) is 16.1 Å². The van der Waals surface area contributed by atoms with Crippen molar-refractivity contribution in [1.29, 1.82) is 0 Å². The van der Waals surface area contributed by atoms with Crippen LogP contribution in [0.1, 0.15) is 87.0 Å². The largest absolute Gasteiger partial charge is 0.128 e. The van der Waals surface area contributed by atoms with Crippen LogP contribution in [0.5, 0.6) is 0 Å². The molecule has 0 aliphatic carbocycles. The van der Waals surface area contributed by atoms with Gasteiger partial charge in [-0.1, -0.05) is 78.9 Å². The lowest BCUT2D eigenvalue weighted by Crippen LogP contribution is -2.34. The van der Waals surface area contributed by atoms with Crippen molar-refractivity contribution in [3.05, 3.63) is 0 Å². The number of hydrogen-bond donors (Lipinski definition) is 0. The first-order chi connectivity index (χ1) is 9.18. The Morgan fingerprint density at radius 1 is 1.05 bits per heavy atom. The molecule has 2 unspecified atom stereocenters. The van der Waals surface area contributed by atoms with E-state index in [1.807, 2.05) is 0 Å². The molecule has 0 bridgehead atoms. The maximum Gasteiger partial charge on any atom is 0.128 e. The molecule has 0 heterocycles. The lowest BCUT2D eigenvalue weighted by Gasteiger charge is -2.45. The molecule has 0 aromatic rings. The molecule has 0 saturated heterocycles. The van der Waals surface area contributed by atoms with Gasteiger partial charge >= 0.3 is 0 Å². The molecule has 0 aliphatic heterocycles. The van der Waals surface area contributed by atoms with E-state index in [2.05, 4.69) is 48.5 Å². The van der Waals surface area contributed by atoms with Crippen LogP contribution in [0.4, 0.5) is 0 Å². The Morgan fingerprint density at radius 3 is 2.10 bits per heavy atom. The van der Waals surface area contributed by atoms with Gasteiger partial charge in [0.1, 0.15) is 7.28 Å². The SMILES string of the molecule is CCCC(C)(CCCC(Cl)CC)C(C)(C)BCC(C)C. The molecule has 0 aromatic heterocycles. The lowest BCUT2D eigenvalue weighted by atomic mass is 9.40. The number of rotatable bonds is 11. The first-order valence-electron chi connectivity index (χ1n) is 8.82. The summed E-state index contributed by atoms with van der Waals surface area (Å²) in [4.78, 5) is 0. The van der Waals surface area contributed by atoms with Gasteiger partial charge in [-0.25, -0.2) is 0 Å². The maximum atomic E-state index is 6.29. The van der Waals surface area contributed by atoms with Gasteiger partial charge in [0.25, 0.3) is 0 Å². The Kier molecular flexibility index (Phi) is 9.55. The summed E-state index contributed by atoms with van der Waals surface area (Å²) in [7, 11) is 1.35. The zero-order valence-electron chi connectivity index (χ0n) is 15.2. The van der Waals surface area contributed by atoms with Gasteiger partial charge in [0.05, 0.1) is 0 Å². The van der Waals surface area contributed by atoms with E-state index in [1.165, 1.54) is 45.7 Å². The molecule has 0 fully saturated rings. The van der Waals surface area contributed by atoms with Crippen LogP contribution in [0.3, 0.4) is 0 Å². The molecule has 120 valence electrons. The average molecular weight is 301 g/mol. The molecule has 2 atom stereocenters. The second kappa shape index (κ2) is 9.39. The quantitative estimate of drug-likeness (QED) is 0.294. The lowest BCUT2D eigenvalue weighted by molar-refractivity contribution is 0.184. The van der Waals surface area contributed by atoms with Crippen molar-refractivity contribution in [3.63, 3.8) is 0 Å².